The minimum atomic E-state index is -0.205. The highest BCUT2D eigenvalue weighted by Gasteiger charge is 2.18. The van der Waals surface area contributed by atoms with E-state index in [-0.39, 0.29) is 5.91 Å². The Labute approximate surface area is 171 Å². The van der Waals surface area contributed by atoms with Gasteiger partial charge in [-0.15, -0.1) is 0 Å². The van der Waals surface area contributed by atoms with Crippen molar-refractivity contribution in [3.05, 3.63) is 72.1 Å². The minimum absolute atomic E-state index is 0.205. The van der Waals surface area contributed by atoms with E-state index in [2.05, 4.69) is 40.1 Å². The largest absolute Gasteiger partial charge is 0.369 e. The van der Waals surface area contributed by atoms with Gasteiger partial charge in [-0.3, -0.25) is 4.79 Å². The summed E-state index contributed by atoms with van der Waals surface area (Å²) in [4.78, 5) is 17.5. The number of carbonyl (C=O) groups is 1. The molecule has 1 aliphatic rings. The molecule has 6 nitrogen and oxygen atoms in total. The quantitative estimate of drug-likeness (QED) is 0.725. The van der Waals surface area contributed by atoms with Gasteiger partial charge in [-0.05, 0) is 55.4 Å². The topological polar surface area (TPSA) is 53.4 Å². The summed E-state index contributed by atoms with van der Waals surface area (Å²) in [6.07, 6.45) is 1.80. The molecule has 6 heteroatoms. The Hall–Kier alpha value is -3.12. The van der Waals surface area contributed by atoms with Crippen LogP contribution in [0.4, 0.5) is 11.4 Å². The van der Waals surface area contributed by atoms with Gasteiger partial charge >= 0.3 is 0 Å². The highest BCUT2D eigenvalue weighted by molar-refractivity contribution is 6.03. The number of nitrogens with zero attached hydrogens (tertiary/aromatic N) is 4. The average Bonchev–Trinajstić information content (AvgIpc) is 3.25. The summed E-state index contributed by atoms with van der Waals surface area (Å²) in [6, 6.07) is 17.6. The van der Waals surface area contributed by atoms with Gasteiger partial charge in [-0.25, -0.2) is 4.68 Å². The van der Waals surface area contributed by atoms with E-state index in [4.69, 9.17) is 0 Å². The van der Waals surface area contributed by atoms with Crippen molar-refractivity contribution in [3.63, 3.8) is 0 Å². The molecule has 3 aromatic rings. The fraction of sp³-hybridized carbons (Fsp3) is 0.304. The molecule has 0 radical (unpaired) electrons. The molecule has 1 aliphatic heterocycles. The Morgan fingerprint density at radius 1 is 1.03 bits per heavy atom. The zero-order valence-corrected chi connectivity index (χ0v) is 17.0. The first kappa shape index (κ1) is 19.2. The third-order valence-corrected chi connectivity index (χ3v) is 5.46. The molecule has 29 heavy (non-hydrogen) atoms. The fourth-order valence-corrected chi connectivity index (χ4v) is 3.76. The second-order valence-electron chi connectivity index (χ2n) is 7.36. The number of para-hydroxylation sites is 1. The molecule has 2 aromatic carbocycles. The number of likely N-dealkylation sites (N-methyl/N-ethyl adjacent to an activating group) is 1. The molecule has 1 N–H and O–H groups in total. The van der Waals surface area contributed by atoms with Gasteiger partial charge in [-0.1, -0.05) is 25.1 Å². The molecule has 150 valence electrons. The molecule has 0 spiro atoms. The van der Waals surface area contributed by atoms with Gasteiger partial charge in [-0.2, -0.15) is 5.10 Å². The molecular formula is C23H27N5O. The summed E-state index contributed by atoms with van der Waals surface area (Å²) in [5, 5.41) is 7.37. The Balaban J connectivity index is 1.43. The van der Waals surface area contributed by atoms with Crippen LogP contribution < -0.4 is 10.2 Å². The van der Waals surface area contributed by atoms with Gasteiger partial charge in [0.15, 0.2) is 5.69 Å². The fourth-order valence-electron chi connectivity index (χ4n) is 3.76. The summed E-state index contributed by atoms with van der Waals surface area (Å²) < 4.78 is 1.71. The van der Waals surface area contributed by atoms with Crippen molar-refractivity contribution in [2.45, 2.75) is 13.8 Å². The van der Waals surface area contributed by atoms with Gasteiger partial charge < -0.3 is 15.1 Å². The van der Waals surface area contributed by atoms with E-state index in [0.29, 0.717) is 5.69 Å². The second-order valence-corrected chi connectivity index (χ2v) is 7.36. The predicted molar refractivity (Wildman–Crippen MR) is 117 cm³/mol. The lowest BCUT2D eigenvalue weighted by Gasteiger charge is -2.36. The Morgan fingerprint density at radius 2 is 1.79 bits per heavy atom. The predicted octanol–water partition coefficient (Wildman–Crippen LogP) is 3.57. The van der Waals surface area contributed by atoms with Crippen LogP contribution in [0.5, 0.6) is 0 Å². The van der Waals surface area contributed by atoms with Crippen molar-refractivity contribution in [1.82, 2.24) is 14.7 Å². The molecule has 0 aliphatic carbocycles. The second kappa shape index (κ2) is 8.49. The number of benzene rings is 2. The summed E-state index contributed by atoms with van der Waals surface area (Å²) in [7, 11) is 0. The van der Waals surface area contributed by atoms with Crippen molar-refractivity contribution >= 4 is 17.3 Å². The number of carbonyl (C=O) groups excluding carboxylic acids is 1. The standard InChI is InChI=1S/C23H27N5O/c1-3-26-13-15-27(16-14-26)22-10-9-19(17-18(22)2)24-23(29)21-11-12-28(25-21)20-7-5-4-6-8-20/h4-12,17H,3,13-16H2,1-2H3,(H,24,29). The van der Waals surface area contributed by atoms with Crippen LogP contribution in [0.1, 0.15) is 23.0 Å². The van der Waals surface area contributed by atoms with E-state index in [1.54, 1.807) is 16.9 Å². The number of hydrogen-bond donors (Lipinski definition) is 1. The van der Waals surface area contributed by atoms with Gasteiger partial charge in [0.25, 0.3) is 5.91 Å². The highest BCUT2D eigenvalue weighted by Crippen LogP contribution is 2.25. The maximum absolute atomic E-state index is 12.6. The maximum atomic E-state index is 12.6. The molecule has 1 saturated heterocycles. The lowest BCUT2D eigenvalue weighted by Crippen LogP contribution is -2.46. The molecule has 1 fully saturated rings. The third-order valence-electron chi connectivity index (χ3n) is 5.46. The number of amides is 1. The van der Waals surface area contributed by atoms with Gasteiger partial charge in [0.1, 0.15) is 0 Å². The Kier molecular flexibility index (Phi) is 5.62. The van der Waals surface area contributed by atoms with Crippen LogP contribution in [0.25, 0.3) is 5.69 Å². The monoisotopic (exact) mass is 389 g/mol. The van der Waals surface area contributed by atoms with Crippen molar-refractivity contribution < 1.29 is 4.79 Å². The number of rotatable bonds is 5. The van der Waals surface area contributed by atoms with Gasteiger partial charge in [0.05, 0.1) is 5.69 Å². The lowest BCUT2D eigenvalue weighted by atomic mass is 10.1. The molecule has 1 amide bonds. The molecule has 0 unspecified atom stereocenters. The SMILES string of the molecule is CCN1CCN(c2ccc(NC(=O)c3ccn(-c4ccccc4)n3)cc2C)CC1. The van der Waals surface area contributed by atoms with Gasteiger partial charge in [0, 0.05) is 43.8 Å². The summed E-state index contributed by atoms with van der Waals surface area (Å²) in [5.41, 5.74) is 4.52. The zero-order chi connectivity index (χ0) is 20.2. The molecule has 0 bridgehead atoms. The minimum Gasteiger partial charge on any atom is -0.369 e. The normalized spacial score (nSPS) is 14.8. The molecular weight excluding hydrogens is 362 g/mol. The van der Waals surface area contributed by atoms with E-state index in [1.807, 2.05) is 42.5 Å². The number of hydrogen-bond acceptors (Lipinski definition) is 4. The first-order chi connectivity index (χ1) is 14.1. The van der Waals surface area contributed by atoms with E-state index >= 15 is 0 Å². The Bertz CT molecular complexity index is 974. The number of aromatic nitrogens is 2. The molecule has 0 saturated carbocycles. The lowest BCUT2D eigenvalue weighted by molar-refractivity contribution is 0.102. The van der Waals surface area contributed by atoms with Crippen molar-refractivity contribution in [1.29, 1.82) is 0 Å². The van der Waals surface area contributed by atoms with Crippen molar-refractivity contribution in [2.75, 3.05) is 42.9 Å². The van der Waals surface area contributed by atoms with Crippen molar-refractivity contribution in [2.24, 2.45) is 0 Å². The molecule has 2 heterocycles. The van der Waals surface area contributed by atoms with E-state index in [9.17, 15) is 4.79 Å². The summed E-state index contributed by atoms with van der Waals surface area (Å²) in [6.45, 7) is 9.69. The number of piperazine rings is 1. The zero-order valence-electron chi connectivity index (χ0n) is 17.0. The Morgan fingerprint density at radius 3 is 2.48 bits per heavy atom. The first-order valence-corrected chi connectivity index (χ1v) is 10.1. The van der Waals surface area contributed by atoms with Crippen LogP contribution in [0.2, 0.25) is 0 Å². The summed E-state index contributed by atoms with van der Waals surface area (Å²) in [5.74, 6) is -0.205. The molecule has 4 rings (SSSR count). The van der Waals surface area contributed by atoms with E-state index in [1.165, 1.54) is 11.3 Å². The average molecular weight is 390 g/mol. The van der Waals surface area contributed by atoms with Gasteiger partial charge in [0.2, 0.25) is 0 Å². The third kappa shape index (κ3) is 4.32. The number of aryl methyl sites for hydroxylation is 1. The van der Waals surface area contributed by atoms with E-state index in [0.717, 1.165) is 44.1 Å². The number of nitrogens with one attached hydrogen (secondary N) is 1. The van der Waals surface area contributed by atoms with Crippen LogP contribution in [0.15, 0.2) is 60.8 Å². The van der Waals surface area contributed by atoms with Crippen LogP contribution in [-0.2, 0) is 0 Å². The highest BCUT2D eigenvalue weighted by atomic mass is 16.1. The van der Waals surface area contributed by atoms with Crippen molar-refractivity contribution in [3.8, 4) is 5.69 Å². The van der Waals surface area contributed by atoms with E-state index < -0.39 is 0 Å². The number of anilines is 2. The molecule has 1 aromatic heterocycles. The van der Waals surface area contributed by atoms with Crippen LogP contribution >= 0.6 is 0 Å². The maximum Gasteiger partial charge on any atom is 0.276 e. The first-order valence-electron chi connectivity index (χ1n) is 10.1. The summed E-state index contributed by atoms with van der Waals surface area (Å²) >= 11 is 0. The smallest absolute Gasteiger partial charge is 0.276 e. The molecule has 0 atom stereocenters. The van der Waals surface area contributed by atoms with Crippen LogP contribution in [-0.4, -0.2) is 53.3 Å². The van der Waals surface area contributed by atoms with Crippen LogP contribution in [0, 0.1) is 6.92 Å². The van der Waals surface area contributed by atoms with Crippen LogP contribution in [0.3, 0.4) is 0 Å².